The lowest BCUT2D eigenvalue weighted by Gasteiger charge is -1.98. The minimum Gasteiger partial charge on any atom is -0.0683 e. The predicted molar refractivity (Wildman–Crippen MR) is 135 cm³/mol. The van der Waals surface area contributed by atoms with Crippen LogP contribution in [0.4, 0.5) is 0 Å². The fourth-order valence-corrected chi connectivity index (χ4v) is 1.65. The zero-order valence-electron chi connectivity index (χ0n) is 20.2. The van der Waals surface area contributed by atoms with E-state index in [1.165, 1.54) is 11.1 Å². The molecule has 0 aliphatic heterocycles. The Bertz CT molecular complexity index is 463. The van der Waals surface area contributed by atoms with E-state index in [1.54, 1.807) is 0 Å². The molecule has 158 valence electrons. The van der Waals surface area contributed by atoms with Crippen molar-refractivity contribution in [1.82, 2.24) is 0 Å². The Balaban J connectivity index is -0.000000153. The Morgan fingerprint density at radius 1 is 0.250 bits per heavy atom. The molecule has 0 aliphatic carbocycles. The first-order valence-electron chi connectivity index (χ1n) is 11.1. The average Bonchev–Trinajstić information content (AvgIpc) is 2.88. The maximum Gasteiger partial charge on any atom is -0.0184 e. The van der Waals surface area contributed by atoms with Crippen molar-refractivity contribution in [3.05, 3.63) is 97.1 Å². The lowest BCUT2D eigenvalue weighted by atomic mass is 10.1. The van der Waals surface area contributed by atoms with Gasteiger partial charge >= 0.3 is 0 Å². The Morgan fingerprint density at radius 2 is 0.393 bits per heavy atom. The smallest absolute Gasteiger partial charge is 0.0184 e. The Labute approximate surface area is 177 Å². The third-order valence-electron chi connectivity index (χ3n) is 2.55. The molecule has 0 atom stereocenters. The molecule has 28 heavy (non-hydrogen) atoms. The van der Waals surface area contributed by atoms with Crippen LogP contribution in [0.25, 0.3) is 11.1 Å². The van der Waals surface area contributed by atoms with E-state index in [2.05, 4.69) is 48.5 Å². The molecular weight excluding hydrogens is 336 g/mol. The van der Waals surface area contributed by atoms with Crippen LogP contribution in [-0.2, 0) is 0 Å². The van der Waals surface area contributed by atoms with Gasteiger partial charge in [0.15, 0.2) is 0 Å². The van der Waals surface area contributed by atoms with Gasteiger partial charge in [-0.15, -0.1) is 0 Å². The lowest BCUT2D eigenvalue weighted by Crippen LogP contribution is -1.73. The van der Waals surface area contributed by atoms with E-state index < -0.39 is 0 Å². The summed E-state index contributed by atoms with van der Waals surface area (Å²) in [6, 6.07) is 32.8. The van der Waals surface area contributed by atoms with Crippen LogP contribution < -0.4 is 0 Å². The quantitative estimate of drug-likeness (QED) is 0.392. The molecule has 0 unspecified atom stereocenters. The zero-order chi connectivity index (χ0) is 22.5. The van der Waals surface area contributed by atoms with Gasteiger partial charge in [-0.3, -0.25) is 0 Å². The van der Waals surface area contributed by atoms with Crippen LogP contribution in [-0.4, -0.2) is 0 Å². The molecule has 0 spiro atoms. The summed E-state index contributed by atoms with van der Waals surface area (Å²) in [7, 11) is 0. The van der Waals surface area contributed by atoms with Gasteiger partial charge in [0.05, 0.1) is 0 Å². The van der Waals surface area contributed by atoms with E-state index in [-0.39, 0.29) is 0 Å². The SMILES string of the molecule is CC.CC.CC.CC.CC.c1ccc(-c2ccccc2)cc1.c1ccccc1. The molecule has 3 aromatic carbocycles. The summed E-state index contributed by atoms with van der Waals surface area (Å²) < 4.78 is 0. The number of rotatable bonds is 1. The van der Waals surface area contributed by atoms with E-state index in [9.17, 15) is 0 Å². The van der Waals surface area contributed by atoms with Crippen LogP contribution in [0.2, 0.25) is 0 Å². The van der Waals surface area contributed by atoms with Crippen molar-refractivity contribution >= 4 is 0 Å². The molecule has 0 saturated carbocycles. The standard InChI is InChI=1S/C12H10.C6H6.5C2H6/c1-3-7-11(8-4-1)12-9-5-2-6-10-12;1-2-4-6-5-3-1;5*1-2/h1-10H;1-6H;5*1-2H3. The molecule has 0 aromatic heterocycles. The Morgan fingerprint density at radius 3 is 0.571 bits per heavy atom. The van der Waals surface area contributed by atoms with Crippen molar-refractivity contribution in [2.24, 2.45) is 0 Å². The van der Waals surface area contributed by atoms with Gasteiger partial charge in [-0.2, -0.15) is 0 Å². The minimum atomic E-state index is 1.28. The summed E-state index contributed by atoms with van der Waals surface area (Å²) in [6.45, 7) is 20.0. The summed E-state index contributed by atoms with van der Waals surface area (Å²) >= 11 is 0. The molecule has 0 N–H and O–H groups in total. The fourth-order valence-electron chi connectivity index (χ4n) is 1.65. The molecule has 0 amide bonds. The first-order chi connectivity index (χ1) is 14.0. The highest BCUT2D eigenvalue weighted by molar-refractivity contribution is 5.62. The van der Waals surface area contributed by atoms with Gasteiger partial charge in [-0.25, -0.2) is 0 Å². The lowest BCUT2D eigenvalue weighted by molar-refractivity contribution is 1.50. The van der Waals surface area contributed by atoms with Crippen molar-refractivity contribution in [3.8, 4) is 11.1 Å². The van der Waals surface area contributed by atoms with Crippen molar-refractivity contribution in [2.75, 3.05) is 0 Å². The topological polar surface area (TPSA) is 0 Å². The Hall–Kier alpha value is -2.34. The molecule has 0 aliphatic rings. The zero-order valence-corrected chi connectivity index (χ0v) is 20.2. The van der Waals surface area contributed by atoms with Gasteiger partial charge in [0, 0.05) is 0 Å². The second-order valence-electron chi connectivity index (χ2n) is 3.89. The highest BCUT2D eigenvalue weighted by Gasteiger charge is 1.91. The highest BCUT2D eigenvalue weighted by Crippen LogP contribution is 2.17. The maximum absolute atomic E-state index is 2.12. The van der Waals surface area contributed by atoms with E-state index >= 15 is 0 Å². The first-order valence-corrected chi connectivity index (χ1v) is 11.1. The molecular formula is C28H46. The summed E-state index contributed by atoms with van der Waals surface area (Å²) in [5.74, 6) is 0. The molecule has 0 radical (unpaired) electrons. The van der Waals surface area contributed by atoms with Gasteiger partial charge < -0.3 is 0 Å². The number of hydrogen-bond acceptors (Lipinski definition) is 0. The number of hydrogen-bond donors (Lipinski definition) is 0. The minimum absolute atomic E-state index is 1.28. The van der Waals surface area contributed by atoms with Crippen molar-refractivity contribution in [2.45, 2.75) is 69.2 Å². The van der Waals surface area contributed by atoms with E-state index in [0.717, 1.165) is 0 Å². The van der Waals surface area contributed by atoms with Gasteiger partial charge in [0.2, 0.25) is 0 Å². The van der Waals surface area contributed by atoms with Gasteiger partial charge in [0.1, 0.15) is 0 Å². The molecule has 3 aromatic rings. The van der Waals surface area contributed by atoms with Crippen LogP contribution in [0.3, 0.4) is 0 Å². The molecule has 0 saturated heterocycles. The molecule has 0 nitrogen and oxygen atoms in total. The monoisotopic (exact) mass is 382 g/mol. The van der Waals surface area contributed by atoms with Gasteiger partial charge in [-0.05, 0) is 11.1 Å². The third kappa shape index (κ3) is 21.7. The number of benzene rings is 3. The van der Waals surface area contributed by atoms with Gasteiger partial charge in [-0.1, -0.05) is 166 Å². The molecule has 0 bridgehead atoms. The molecule has 0 heterocycles. The first kappa shape index (κ1) is 33.3. The van der Waals surface area contributed by atoms with Crippen LogP contribution in [0.5, 0.6) is 0 Å². The van der Waals surface area contributed by atoms with E-state index in [0.29, 0.717) is 0 Å². The van der Waals surface area contributed by atoms with E-state index in [4.69, 9.17) is 0 Å². The Kier molecular flexibility index (Phi) is 42.4. The second kappa shape index (κ2) is 35.7. The third-order valence-corrected chi connectivity index (χ3v) is 2.55. The van der Waals surface area contributed by atoms with Crippen LogP contribution in [0.15, 0.2) is 97.1 Å². The average molecular weight is 383 g/mol. The van der Waals surface area contributed by atoms with Crippen LogP contribution in [0.1, 0.15) is 69.2 Å². The molecule has 3 rings (SSSR count). The maximum atomic E-state index is 2.12. The van der Waals surface area contributed by atoms with Crippen molar-refractivity contribution in [1.29, 1.82) is 0 Å². The molecule has 0 heteroatoms. The summed E-state index contributed by atoms with van der Waals surface area (Å²) in [5.41, 5.74) is 2.55. The van der Waals surface area contributed by atoms with Crippen molar-refractivity contribution in [3.63, 3.8) is 0 Å². The second-order valence-corrected chi connectivity index (χ2v) is 3.89. The van der Waals surface area contributed by atoms with Crippen molar-refractivity contribution < 1.29 is 0 Å². The van der Waals surface area contributed by atoms with Crippen LogP contribution >= 0.6 is 0 Å². The fraction of sp³-hybridized carbons (Fsp3) is 0.357. The molecule has 0 fully saturated rings. The summed E-state index contributed by atoms with van der Waals surface area (Å²) in [6.07, 6.45) is 0. The predicted octanol–water partition coefficient (Wildman–Crippen LogP) is 10.2. The highest BCUT2D eigenvalue weighted by atomic mass is 14.0. The largest absolute Gasteiger partial charge is 0.0683 e. The normalized spacial score (nSPS) is 6.93. The van der Waals surface area contributed by atoms with Gasteiger partial charge in [0.25, 0.3) is 0 Å². The summed E-state index contributed by atoms with van der Waals surface area (Å²) in [4.78, 5) is 0. The van der Waals surface area contributed by atoms with Crippen LogP contribution in [0, 0.1) is 0 Å². The summed E-state index contributed by atoms with van der Waals surface area (Å²) in [5, 5.41) is 0. The van der Waals surface area contributed by atoms with E-state index in [1.807, 2.05) is 118 Å².